The summed E-state index contributed by atoms with van der Waals surface area (Å²) >= 11 is 0. The molecule has 0 bridgehead atoms. The van der Waals surface area contributed by atoms with E-state index in [0.717, 1.165) is 0 Å². The molecular weight excluding hydrogens is 286 g/mol. The number of nitrogens with one attached hydrogen (secondary N) is 3. The second-order valence-electron chi connectivity index (χ2n) is 3.92. The number of anilines is 1. The van der Waals surface area contributed by atoms with Crippen molar-refractivity contribution >= 4 is 17.7 Å². The number of urea groups is 1. The molecule has 6 nitrogen and oxygen atoms in total. The van der Waals surface area contributed by atoms with E-state index in [2.05, 4.69) is 4.98 Å². The number of carboxylic acid groups (broad SMARTS) is 1. The normalized spacial score (nSPS) is 11.5. The van der Waals surface area contributed by atoms with Crippen LogP contribution in [0, 0.1) is 6.92 Å². The van der Waals surface area contributed by atoms with Gasteiger partial charge in [0, 0.05) is 5.69 Å². The van der Waals surface area contributed by atoms with E-state index in [0.29, 0.717) is 5.69 Å². The van der Waals surface area contributed by atoms with Crippen LogP contribution in [0.3, 0.4) is 0 Å². The van der Waals surface area contributed by atoms with E-state index in [4.69, 9.17) is 5.11 Å². The van der Waals surface area contributed by atoms with Crippen LogP contribution >= 0.6 is 0 Å². The first kappa shape index (κ1) is 15.8. The van der Waals surface area contributed by atoms with Gasteiger partial charge in [-0.1, -0.05) is 0 Å². The third-order valence-corrected chi connectivity index (χ3v) is 2.22. The summed E-state index contributed by atoms with van der Waals surface area (Å²) in [6.07, 6.45) is -3.91. The van der Waals surface area contributed by atoms with Crippen molar-refractivity contribution in [3.05, 3.63) is 17.5 Å². The van der Waals surface area contributed by atoms with Crippen LogP contribution < -0.4 is 10.6 Å². The molecule has 0 atom stereocenters. The number of hydrogen-bond donors (Lipinski definition) is 4. The third-order valence-electron chi connectivity index (χ3n) is 2.22. The van der Waals surface area contributed by atoms with Crippen LogP contribution in [0.1, 0.15) is 16.2 Å². The maximum absolute atomic E-state index is 12.6. The maximum atomic E-state index is 12.6. The monoisotopic (exact) mass is 297 g/mol. The smallest absolute Gasteiger partial charge is 0.354 e. The number of aromatic nitrogens is 1. The molecule has 2 amide bonds. The number of halogens is 4. The van der Waals surface area contributed by atoms with E-state index in [-0.39, 0.29) is 11.4 Å². The molecule has 4 N–H and O–H groups in total. The molecule has 112 valence electrons. The van der Waals surface area contributed by atoms with Crippen LogP contribution in [0.4, 0.5) is 28.0 Å². The minimum atomic E-state index is -4.36. The Morgan fingerprint density at radius 3 is 2.55 bits per heavy atom. The molecule has 0 saturated heterocycles. The van der Waals surface area contributed by atoms with E-state index in [1.165, 1.54) is 13.0 Å². The average Bonchev–Trinajstić information content (AvgIpc) is 2.67. The number of rotatable bonds is 5. The molecular formula is C10H11F4N3O3. The molecule has 1 heterocycles. The van der Waals surface area contributed by atoms with Crippen LogP contribution in [0.5, 0.6) is 0 Å². The van der Waals surface area contributed by atoms with Gasteiger partial charge in [0.05, 0.1) is 12.2 Å². The van der Waals surface area contributed by atoms with Crippen LogP contribution in [-0.4, -0.2) is 41.0 Å². The highest BCUT2D eigenvalue weighted by molar-refractivity contribution is 5.99. The number of alkyl halides is 4. The van der Waals surface area contributed by atoms with Gasteiger partial charge < -0.3 is 20.7 Å². The summed E-state index contributed by atoms with van der Waals surface area (Å²) < 4.78 is 48.8. The molecule has 0 radical (unpaired) electrons. The van der Waals surface area contributed by atoms with Crippen molar-refractivity contribution in [2.24, 2.45) is 0 Å². The summed E-state index contributed by atoms with van der Waals surface area (Å²) in [5, 5.41) is 12.3. The number of carboxylic acids is 1. The summed E-state index contributed by atoms with van der Waals surface area (Å²) in [6, 6.07) is 0.0423. The fourth-order valence-electron chi connectivity index (χ4n) is 1.30. The highest BCUT2D eigenvalue weighted by atomic mass is 19.3. The van der Waals surface area contributed by atoms with E-state index in [1.54, 1.807) is 5.32 Å². The summed E-state index contributed by atoms with van der Waals surface area (Å²) in [6.45, 7) is -0.0528. The van der Waals surface area contributed by atoms with Crippen molar-refractivity contribution in [1.29, 1.82) is 0 Å². The van der Waals surface area contributed by atoms with Gasteiger partial charge in [0.25, 0.3) is 0 Å². The Hall–Kier alpha value is -2.26. The third kappa shape index (κ3) is 3.87. The highest BCUT2D eigenvalue weighted by Crippen LogP contribution is 2.21. The Morgan fingerprint density at radius 2 is 2.05 bits per heavy atom. The topological polar surface area (TPSA) is 94.2 Å². The molecule has 1 rings (SSSR count). The zero-order valence-electron chi connectivity index (χ0n) is 10.1. The Morgan fingerprint density at radius 1 is 1.45 bits per heavy atom. The quantitative estimate of drug-likeness (QED) is 0.626. The summed E-state index contributed by atoms with van der Waals surface area (Å²) in [7, 11) is 0. The van der Waals surface area contributed by atoms with Crippen molar-refractivity contribution < 1.29 is 32.3 Å². The summed E-state index contributed by atoms with van der Waals surface area (Å²) in [5.74, 6) is -5.73. The van der Waals surface area contributed by atoms with Gasteiger partial charge in [0.15, 0.2) is 0 Å². The lowest BCUT2D eigenvalue weighted by Crippen LogP contribution is -2.43. The fourth-order valence-corrected chi connectivity index (χ4v) is 1.30. The second kappa shape index (κ2) is 5.80. The minimum absolute atomic E-state index is 0.159. The van der Waals surface area contributed by atoms with Crippen LogP contribution in [0.15, 0.2) is 6.07 Å². The molecule has 0 spiro atoms. The highest BCUT2D eigenvalue weighted by Gasteiger charge is 2.40. The summed E-state index contributed by atoms with van der Waals surface area (Å²) in [5.41, 5.74) is -0.0956. The fraction of sp³-hybridized carbons (Fsp3) is 0.400. The lowest BCUT2D eigenvalue weighted by molar-refractivity contribution is -0.123. The van der Waals surface area contributed by atoms with Gasteiger partial charge in [0.1, 0.15) is 5.69 Å². The van der Waals surface area contributed by atoms with Crippen molar-refractivity contribution in [3.8, 4) is 0 Å². The minimum Gasteiger partial charge on any atom is -0.477 e. The molecule has 0 aliphatic heterocycles. The predicted octanol–water partition coefficient (Wildman–Crippen LogP) is 2.04. The first-order chi connectivity index (χ1) is 9.13. The van der Waals surface area contributed by atoms with Crippen molar-refractivity contribution in [2.75, 3.05) is 11.9 Å². The molecule has 0 saturated carbocycles. The molecule has 1 aromatic heterocycles. The van der Waals surface area contributed by atoms with E-state index < -0.39 is 30.9 Å². The molecule has 0 aliphatic carbocycles. The van der Waals surface area contributed by atoms with E-state index >= 15 is 0 Å². The summed E-state index contributed by atoms with van der Waals surface area (Å²) in [4.78, 5) is 24.5. The molecule has 0 fully saturated rings. The van der Waals surface area contributed by atoms with E-state index in [9.17, 15) is 27.2 Å². The molecule has 20 heavy (non-hydrogen) atoms. The number of aromatic amines is 1. The number of H-pyrrole nitrogens is 1. The van der Waals surface area contributed by atoms with Crippen LogP contribution in [0.2, 0.25) is 0 Å². The zero-order valence-corrected chi connectivity index (χ0v) is 10.1. The second-order valence-corrected chi connectivity index (χ2v) is 3.92. The maximum Gasteiger partial charge on any atom is 0.354 e. The van der Waals surface area contributed by atoms with Gasteiger partial charge in [0.2, 0.25) is 0 Å². The van der Waals surface area contributed by atoms with Gasteiger partial charge >= 0.3 is 24.3 Å². The van der Waals surface area contributed by atoms with Gasteiger partial charge in [-0.2, -0.15) is 8.78 Å². The lowest BCUT2D eigenvalue weighted by Gasteiger charge is -2.15. The number of aryl methyl sites for hydroxylation is 1. The largest absolute Gasteiger partial charge is 0.477 e. The SMILES string of the molecule is Cc1cc(NC(=O)NCC(F)(F)C(F)F)c(C(=O)O)[nH]1. The molecule has 1 aromatic rings. The zero-order chi connectivity index (χ0) is 15.5. The van der Waals surface area contributed by atoms with Crippen molar-refractivity contribution in [2.45, 2.75) is 19.3 Å². The van der Waals surface area contributed by atoms with Gasteiger partial charge in [-0.15, -0.1) is 0 Å². The molecule has 10 heteroatoms. The predicted molar refractivity (Wildman–Crippen MR) is 60.5 cm³/mol. The number of carbonyl (C=O) groups is 2. The van der Waals surface area contributed by atoms with Crippen molar-refractivity contribution in [3.63, 3.8) is 0 Å². The van der Waals surface area contributed by atoms with Gasteiger partial charge in [-0.25, -0.2) is 18.4 Å². The Kier molecular flexibility index (Phi) is 4.58. The molecule has 0 unspecified atom stereocenters. The number of amides is 2. The number of hydrogen-bond acceptors (Lipinski definition) is 2. The Labute approximate surface area is 110 Å². The first-order valence-electron chi connectivity index (χ1n) is 5.27. The first-order valence-corrected chi connectivity index (χ1v) is 5.27. The molecule has 0 aromatic carbocycles. The van der Waals surface area contributed by atoms with Crippen molar-refractivity contribution in [1.82, 2.24) is 10.3 Å². The van der Waals surface area contributed by atoms with Gasteiger partial charge in [-0.05, 0) is 13.0 Å². The van der Waals surface area contributed by atoms with E-state index in [1.807, 2.05) is 5.32 Å². The number of carbonyl (C=O) groups excluding carboxylic acids is 1. The standard InChI is InChI=1S/C10H11F4N3O3/c1-4-2-5(6(16-4)7(18)19)17-9(20)15-3-10(13,14)8(11)12/h2,8,16H,3H2,1H3,(H,18,19)(H2,15,17,20). The Balaban J connectivity index is 2.66. The lowest BCUT2D eigenvalue weighted by atomic mass is 10.3. The number of aromatic carboxylic acids is 1. The Bertz CT molecular complexity index is 516. The average molecular weight is 297 g/mol. The molecule has 0 aliphatic rings. The van der Waals surface area contributed by atoms with Gasteiger partial charge in [-0.3, -0.25) is 0 Å². The van der Waals surface area contributed by atoms with Crippen LogP contribution in [0.25, 0.3) is 0 Å². The van der Waals surface area contributed by atoms with Crippen LogP contribution in [-0.2, 0) is 0 Å².